The van der Waals surface area contributed by atoms with Crippen LogP contribution in [0, 0.1) is 0 Å². The van der Waals surface area contributed by atoms with E-state index >= 15 is 0 Å². The molecule has 0 spiro atoms. The minimum atomic E-state index is -0.296. The zero-order chi connectivity index (χ0) is 17.8. The Hall–Kier alpha value is -2.57. The van der Waals surface area contributed by atoms with Gasteiger partial charge in [0, 0.05) is 18.0 Å². The summed E-state index contributed by atoms with van der Waals surface area (Å²) in [6, 6.07) is 12.4. The lowest BCUT2D eigenvalue weighted by Gasteiger charge is -2.12. The molecule has 3 aromatic rings. The quantitative estimate of drug-likeness (QED) is 0.676. The fraction of sp³-hybridized carbons (Fsp3) is 0.111. The standard InChI is InChI=1S/C18H16ClN3O2S/c1-20-18-22-15(10-25-18)11-7-8-16(24-2)14(9-11)21-17(23)12-5-3-4-6-13(12)19/h3-10H,1-2H3,(H,20,22)(H,21,23). The third-order valence-electron chi connectivity index (χ3n) is 3.58. The van der Waals surface area contributed by atoms with Crippen molar-refractivity contribution >= 4 is 39.7 Å². The highest BCUT2D eigenvalue weighted by molar-refractivity contribution is 7.14. The number of amides is 1. The predicted octanol–water partition coefficient (Wildman–Crippen LogP) is 4.77. The number of aromatic nitrogens is 1. The van der Waals surface area contributed by atoms with Crippen molar-refractivity contribution in [1.29, 1.82) is 0 Å². The molecule has 1 heterocycles. The normalized spacial score (nSPS) is 10.4. The van der Waals surface area contributed by atoms with Gasteiger partial charge in [-0.15, -0.1) is 11.3 Å². The number of rotatable bonds is 5. The summed E-state index contributed by atoms with van der Waals surface area (Å²) in [4.78, 5) is 17.0. The van der Waals surface area contributed by atoms with Crippen LogP contribution in [0.2, 0.25) is 5.02 Å². The highest BCUT2D eigenvalue weighted by Gasteiger charge is 2.14. The summed E-state index contributed by atoms with van der Waals surface area (Å²) in [6.07, 6.45) is 0. The molecule has 7 heteroatoms. The first-order valence-electron chi connectivity index (χ1n) is 7.50. The summed E-state index contributed by atoms with van der Waals surface area (Å²) in [7, 11) is 3.38. The number of thiazole rings is 1. The minimum absolute atomic E-state index is 0.296. The number of carbonyl (C=O) groups excluding carboxylic acids is 1. The summed E-state index contributed by atoms with van der Waals surface area (Å²) in [6.45, 7) is 0. The molecular weight excluding hydrogens is 358 g/mol. The van der Waals surface area contributed by atoms with Gasteiger partial charge >= 0.3 is 0 Å². The lowest BCUT2D eigenvalue weighted by Crippen LogP contribution is -2.13. The van der Waals surface area contributed by atoms with E-state index in [0.29, 0.717) is 22.0 Å². The van der Waals surface area contributed by atoms with Crippen LogP contribution in [0.15, 0.2) is 47.8 Å². The molecule has 0 aliphatic heterocycles. The van der Waals surface area contributed by atoms with E-state index in [9.17, 15) is 4.79 Å². The number of ether oxygens (including phenoxy) is 1. The summed E-state index contributed by atoms with van der Waals surface area (Å²) < 4.78 is 5.35. The number of carbonyl (C=O) groups is 1. The Bertz CT molecular complexity index is 911. The van der Waals surface area contributed by atoms with Crippen LogP contribution in [0.5, 0.6) is 5.75 Å². The van der Waals surface area contributed by atoms with Gasteiger partial charge in [0.05, 0.1) is 29.1 Å². The molecule has 25 heavy (non-hydrogen) atoms. The van der Waals surface area contributed by atoms with E-state index in [1.54, 1.807) is 37.4 Å². The Morgan fingerprint density at radius 1 is 1.24 bits per heavy atom. The number of benzene rings is 2. The molecule has 0 saturated heterocycles. The van der Waals surface area contributed by atoms with E-state index in [4.69, 9.17) is 16.3 Å². The highest BCUT2D eigenvalue weighted by Crippen LogP contribution is 2.32. The smallest absolute Gasteiger partial charge is 0.257 e. The predicted molar refractivity (Wildman–Crippen MR) is 103 cm³/mol. The molecule has 2 N–H and O–H groups in total. The number of methoxy groups -OCH3 is 1. The third-order valence-corrected chi connectivity index (χ3v) is 4.77. The fourth-order valence-electron chi connectivity index (χ4n) is 2.32. The zero-order valence-corrected chi connectivity index (χ0v) is 15.2. The van der Waals surface area contributed by atoms with Crippen LogP contribution < -0.4 is 15.4 Å². The van der Waals surface area contributed by atoms with Gasteiger partial charge in [-0.2, -0.15) is 0 Å². The Labute approximate surface area is 154 Å². The summed E-state index contributed by atoms with van der Waals surface area (Å²) >= 11 is 7.61. The van der Waals surface area contributed by atoms with E-state index in [0.717, 1.165) is 16.4 Å². The van der Waals surface area contributed by atoms with Gasteiger partial charge in [0.25, 0.3) is 5.91 Å². The van der Waals surface area contributed by atoms with Crippen molar-refractivity contribution in [2.24, 2.45) is 0 Å². The maximum absolute atomic E-state index is 12.5. The first-order chi connectivity index (χ1) is 12.1. The Morgan fingerprint density at radius 3 is 2.72 bits per heavy atom. The number of nitrogens with one attached hydrogen (secondary N) is 2. The first kappa shape index (κ1) is 17.3. The molecule has 0 atom stereocenters. The monoisotopic (exact) mass is 373 g/mol. The van der Waals surface area contributed by atoms with Gasteiger partial charge in [-0.25, -0.2) is 4.98 Å². The number of nitrogens with zero attached hydrogens (tertiary/aromatic N) is 1. The van der Waals surface area contributed by atoms with Crippen LogP contribution in [-0.2, 0) is 0 Å². The van der Waals surface area contributed by atoms with Gasteiger partial charge < -0.3 is 15.4 Å². The lowest BCUT2D eigenvalue weighted by molar-refractivity contribution is 0.102. The van der Waals surface area contributed by atoms with Crippen LogP contribution in [0.1, 0.15) is 10.4 Å². The second-order valence-corrected chi connectivity index (χ2v) is 6.40. The van der Waals surface area contributed by atoms with Crippen molar-refractivity contribution in [2.45, 2.75) is 0 Å². The molecule has 3 rings (SSSR count). The van der Waals surface area contributed by atoms with Crippen molar-refractivity contribution < 1.29 is 9.53 Å². The van der Waals surface area contributed by atoms with Gasteiger partial charge in [0.2, 0.25) is 0 Å². The molecule has 0 radical (unpaired) electrons. The molecule has 128 valence electrons. The van der Waals surface area contributed by atoms with Crippen molar-refractivity contribution in [1.82, 2.24) is 4.98 Å². The molecule has 2 aromatic carbocycles. The third kappa shape index (κ3) is 3.75. The molecule has 0 unspecified atom stereocenters. The van der Waals surface area contributed by atoms with E-state index in [1.807, 2.05) is 24.6 Å². The molecule has 0 aliphatic rings. The van der Waals surface area contributed by atoms with E-state index < -0.39 is 0 Å². The van der Waals surface area contributed by atoms with Gasteiger partial charge in [0.15, 0.2) is 5.13 Å². The molecule has 1 amide bonds. The number of anilines is 2. The maximum Gasteiger partial charge on any atom is 0.257 e. The second kappa shape index (κ2) is 7.55. The van der Waals surface area contributed by atoms with Crippen LogP contribution in [0.25, 0.3) is 11.3 Å². The lowest BCUT2D eigenvalue weighted by atomic mass is 10.1. The van der Waals surface area contributed by atoms with E-state index in [-0.39, 0.29) is 5.91 Å². The zero-order valence-electron chi connectivity index (χ0n) is 13.7. The van der Waals surface area contributed by atoms with Crippen LogP contribution in [0.4, 0.5) is 10.8 Å². The Balaban J connectivity index is 1.93. The summed E-state index contributed by atoms with van der Waals surface area (Å²) in [5.74, 6) is 0.267. The molecule has 1 aromatic heterocycles. The largest absolute Gasteiger partial charge is 0.495 e. The van der Waals surface area contributed by atoms with Crippen LogP contribution >= 0.6 is 22.9 Å². The number of hydrogen-bond acceptors (Lipinski definition) is 5. The average molecular weight is 374 g/mol. The maximum atomic E-state index is 12.5. The number of halogens is 1. The molecular formula is C18H16ClN3O2S. The molecule has 0 saturated carbocycles. The Morgan fingerprint density at radius 2 is 2.04 bits per heavy atom. The van der Waals surface area contributed by atoms with Crippen molar-refractivity contribution in [3.8, 4) is 17.0 Å². The van der Waals surface area contributed by atoms with Crippen molar-refractivity contribution in [3.05, 3.63) is 58.4 Å². The van der Waals surface area contributed by atoms with E-state index in [1.165, 1.54) is 11.3 Å². The van der Waals surface area contributed by atoms with Crippen LogP contribution in [-0.4, -0.2) is 25.0 Å². The van der Waals surface area contributed by atoms with Crippen molar-refractivity contribution in [2.75, 3.05) is 24.8 Å². The molecule has 0 bridgehead atoms. The first-order valence-corrected chi connectivity index (χ1v) is 8.75. The van der Waals surface area contributed by atoms with Gasteiger partial charge in [0.1, 0.15) is 5.75 Å². The van der Waals surface area contributed by atoms with E-state index in [2.05, 4.69) is 15.6 Å². The molecule has 0 aliphatic carbocycles. The number of hydrogen-bond donors (Lipinski definition) is 2. The minimum Gasteiger partial charge on any atom is -0.495 e. The fourth-order valence-corrected chi connectivity index (χ4v) is 3.22. The summed E-state index contributed by atoms with van der Waals surface area (Å²) in [5.41, 5.74) is 2.67. The molecule has 0 fully saturated rings. The second-order valence-electron chi connectivity index (χ2n) is 5.14. The Kier molecular flexibility index (Phi) is 5.21. The topological polar surface area (TPSA) is 63.3 Å². The van der Waals surface area contributed by atoms with Crippen molar-refractivity contribution in [3.63, 3.8) is 0 Å². The van der Waals surface area contributed by atoms with Gasteiger partial charge in [-0.1, -0.05) is 23.7 Å². The van der Waals surface area contributed by atoms with Crippen LogP contribution in [0.3, 0.4) is 0 Å². The highest BCUT2D eigenvalue weighted by atomic mass is 35.5. The average Bonchev–Trinajstić information content (AvgIpc) is 3.11. The van der Waals surface area contributed by atoms with Gasteiger partial charge in [-0.3, -0.25) is 4.79 Å². The molecule has 5 nitrogen and oxygen atoms in total. The van der Waals surface area contributed by atoms with Gasteiger partial charge in [-0.05, 0) is 30.3 Å². The SMILES string of the molecule is CNc1nc(-c2ccc(OC)c(NC(=O)c3ccccc3Cl)c2)cs1. The summed E-state index contributed by atoms with van der Waals surface area (Å²) in [5, 5.41) is 9.05.